The molecular weight excluding hydrogens is 383 g/mol. The normalized spacial score (nSPS) is 18.5. The summed E-state index contributed by atoms with van der Waals surface area (Å²) in [6.07, 6.45) is 1.39. The van der Waals surface area contributed by atoms with Crippen molar-refractivity contribution in [2.45, 2.75) is 12.5 Å². The fourth-order valence-electron chi connectivity index (χ4n) is 3.80. The summed E-state index contributed by atoms with van der Waals surface area (Å²) in [5.74, 6) is -0.0440. The number of aromatic nitrogens is 1. The van der Waals surface area contributed by atoms with Gasteiger partial charge in [-0.25, -0.2) is 9.98 Å². The first-order valence-electron chi connectivity index (χ1n) is 9.38. The monoisotopic (exact) mass is 404 g/mol. The van der Waals surface area contributed by atoms with Crippen LogP contribution in [0.4, 0.5) is 4.39 Å². The molecule has 152 valence electrons. The van der Waals surface area contributed by atoms with Crippen molar-refractivity contribution in [2.24, 2.45) is 10.7 Å². The maximum atomic E-state index is 14.3. The minimum absolute atomic E-state index is 0.117. The third kappa shape index (κ3) is 2.90. The topological polar surface area (TPSA) is 80.8 Å². The molecule has 1 atom stereocenters. The molecule has 0 unspecified atom stereocenters. The van der Waals surface area contributed by atoms with Gasteiger partial charge in [-0.1, -0.05) is 24.3 Å². The van der Waals surface area contributed by atoms with Crippen LogP contribution in [0.3, 0.4) is 0 Å². The van der Waals surface area contributed by atoms with Crippen molar-refractivity contribution in [1.82, 2.24) is 9.88 Å². The molecular formula is C23H21FN4O2. The number of halogens is 1. The zero-order chi connectivity index (χ0) is 21.5. The molecule has 30 heavy (non-hydrogen) atoms. The molecule has 0 fully saturated rings. The summed E-state index contributed by atoms with van der Waals surface area (Å²) >= 11 is 0. The van der Waals surface area contributed by atoms with Crippen molar-refractivity contribution >= 4 is 11.9 Å². The molecule has 0 bridgehead atoms. The second-order valence-corrected chi connectivity index (χ2v) is 7.15. The number of carbonyl (C=O) groups excluding carboxylic acids is 1. The number of aliphatic imine (C=N–C) groups is 1. The molecule has 6 nitrogen and oxygen atoms in total. The van der Waals surface area contributed by atoms with Gasteiger partial charge < -0.3 is 10.5 Å². The molecule has 1 aliphatic rings. The summed E-state index contributed by atoms with van der Waals surface area (Å²) in [7, 11) is 3.18. The first kappa shape index (κ1) is 19.6. The van der Waals surface area contributed by atoms with Crippen LogP contribution in [0, 0.1) is 12.9 Å². The third-order valence-electron chi connectivity index (χ3n) is 5.40. The minimum Gasteiger partial charge on any atom is -0.496 e. The highest BCUT2D eigenvalue weighted by Gasteiger charge is 2.49. The first-order valence-corrected chi connectivity index (χ1v) is 9.38. The van der Waals surface area contributed by atoms with Gasteiger partial charge in [-0.3, -0.25) is 9.69 Å². The fraction of sp³-hybridized carbons (Fsp3) is 0.174. The van der Waals surface area contributed by atoms with E-state index in [2.05, 4.69) is 9.98 Å². The Morgan fingerprint density at radius 2 is 1.87 bits per heavy atom. The zero-order valence-electron chi connectivity index (χ0n) is 16.9. The van der Waals surface area contributed by atoms with E-state index in [0.29, 0.717) is 28.0 Å². The first-order chi connectivity index (χ1) is 14.4. The molecule has 2 N–H and O–H groups in total. The molecule has 1 aliphatic heterocycles. The SMILES string of the molecule is COc1ccc([C@@]2(c3cccc(-c4cccnc4F)c3)N=C(N)N(C)C2=O)cc1C. The number of aryl methyl sites for hydroxylation is 1. The second-order valence-electron chi connectivity index (χ2n) is 7.15. The van der Waals surface area contributed by atoms with Gasteiger partial charge in [-0.15, -0.1) is 0 Å². The summed E-state index contributed by atoms with van der Waals surface area (Å²) in [5, 5.41) is 0. The van der Waals surface area contributed by atoms with Crippen molar-refractivity contribution in [1.29, 1.82) is 0 Å². The van der Waals surface area contributed by atoms with Crippen LogP contribution in [-0.2, 0) is 10.3 Å². The number of guanidine groups is 1. The smallest absolute Gasteiger partial charge is 0.266 e. The van der Waals surface area contributed by atoms with Gasteiger partial charge in [0.1, 0.15) is 5.75 Å². The Balaban J connectivity index is 1.95. The molecule has 0 radical (unpaired) electrons. The van der Waals surface area contributed by atoms with Crippen LogP contribution in [-0.4, -0.2) is 35.9 Å². The number of rotatable bonds is 4. The van der Waals surface area contributed by atoms with Gasteiger partial charge in [-0.2, -0.15) is 4.39 Å². The third-order valence-corrected chi connectivity index (χ3v) is 5.40. The van der Waals surface area contributed by atoms with Crippen molar-refractivity contribution in [3.8, 4) is 16.9 Å². The number of ether oxygens (including phenoxy) is 1. The Labute approximate surface area is 173 Å². The van der Waals surface area contributed by atoms with Crippen molar-refractivity contribution < 1.29 is 13.9 Å². The lowest BCUT2D eigenvalue weighted by Gasteiger charge is -2.27. The molecule has 0 aliphatic carbocycles. The average Bonchev–Trinajstić information content (AvgIpc) is 2.99. The number of benzene rings is 2. The van der Waals surface area contributed by atoms with E-state index in [-0.39, 0.29) is 11.9 Å². The number of carbonyl (C=O) groups is 1. The number of nitrogens with zero attached hydrogens (tertiary/aromatic N) is 3. The molecule has 3 aromatic rings. The molecule has 1 amide bonds. The Morgan fingerprint density at radius 3 is 2.50 bits per heavy atom. The van der Waals surface area contributed by atoms with E-state index < -0.39 is 11.5 Å². The number of hydrogen-bond donors (Lipinski definition) is 1. The van der Waals surface area contributed by atoms with Crippen molar-refractivity contribution in [2.75, 3.05) is 14.2 Å². The Morgan fingerprint density at radius 1 is 1.10 bits per heavy atom. The second kappa shape index (κ2) is 7.26. The standard InChI is InChI=1S/C23H21FN4O2/c1-14-12-17(9-10-19(14)30-3)23(21(29)28(2)22(25)27-23)16-7-4-6-15(13-16)18-8-5-11-26-20(18)24/h4-13H,1-3H3,(H2,25,27)/t23-/m1/s1. The van der Waals surface area contributed by atoms with Crippen LogP contribution in [0.25, 0.3) is 11.1 Å². The van der Waals surface area contributed by atoms with Gasteiger partial charge >= 0.3 is 0 Å². The predicted octanol–water partition coefficient (Wildman–Crippen LogP) is 3.24. The van der Waals surface area contributed by atoms with Gasteiger partial charge in [0.05, 0.1) is 7.11 Å². The van der Waals surface area contributed by atoms with E-state index in [4.69, 9.17) is 10.5 Å². The number of methoxy groups -OCH3 is 1. The lowest BCUT2D eigenvalue weighted by molar-refractivity contribution is -0.129. The van der Waals surface area contributed by atoms with Crippen LogP contribution in [0.2, 0.25) is 0 Å². The minimum atomic E-state index is -1.37. The number of nitrogens with two attached hydrogens (primary N) is 1. The summed E-state index contributed by atoms with van der Waals surface area (Å²) < 4.78 is 19.6. The number of amides is 1. The quantitative estimate of drug-likeness (QED) is 0.677. The highest BCUT2D eigenvalue weighted by atomic mass is 19.1. The van der Waals surface area contributed by atoms with Crippen molar-refractivity contribution in [3.63, 3.8) is 0 Å². The van der Waals surface area contributed by atoms with Crippen molar-refractivity contribution in [3.05, 3.63) is 83.4 Å². The molecule has 4 rings (SSSR count). The van der Waals surface area contributed by atoms with Crippen LogP contribution in [0.5, 0.6) is 5.75 Å². The van der Waals surface area contributed by atoms with Gasteiger partial charge in [0.25, 0.3) is 5.91 Å². The van der Waals surface area contributed by atoms with Crippen LogP contribution in [0.1, 0.15) is 16.7 Å². The predicted molar refractivity (Wildman–Crippen MR) is 113 cm³/mol. The Kier molecular flexibility index (Phi) is 4.73. The number of likely N-dealkylation sites (N-methyl/N-ethyl adjacent to an activating group) is 1. The lowest BCUT2D eigenvalue weighted by Crippen LogP contribution is -2.41. The highest BCUT2D eigenvalue weighted by molar-refractivity contribution is 6.09. The van der Waals surface area contributed by atoms with E-state index in [0.717, 1.165) is 5.56 Å². The zero-order valence-corrected chi connectivity index (χ0v) is 16.9. The van der Waals surface area contributed by atoms with Gasteiger partial charge in [0, 0.05) is 18.8 Å². The number of hydrogen-bond acceptors (Lipinski definition) is 5. The van der Waals surface area contributed by atoms with E-state index >= 15 is 0 Å². The molecule has 1 aromatic heterocycles. The average molecular weight is 404 g/mol. The van der Waals surface area contributed by atoms with E-state index in [9.17, 15) is 9.18 Å². The Hall–Kier alpha value is -3.74. The summed E-state index contributed by atoms with van der Waals surface area (Å²) in [4.78, 5) is 23.1. The molecule has 0 spiro atoms. The fourth-order valence-corrected chi connectivity index (χ4v) is 3.80. The molecule has 0 saturated carbocycles. The van der Waals surface area contributed by atoms with Crippen LogP contribution in [0.15, 0.2) is 65.8 Å². The Bertz CT molecular complexity index is 1180. The molecule has 2 aromatic carbocycles. The molecule has 2 heterocycles. The summed E-state index contributed by atoms with van der Waals surface area (Å²) in [6.45, 7) is 1.90. The lowest BCUT2D eigenvalue weighted by atomic mass is 9.81. The van der Waals surface area contributed by atoms with Gasteiger partial charge in [0.2, 0.25) is 5.95 Å². The maximum absolute atomic E-state index is 14.3. The van der Waals surface area contributed by atoms with Crippen LogP contribution >= 0.6 is 0 Å². The maximum Gasteiger partial charge on any atom is 0.266 e. The van der Waals surface area contributed by atoms with Gasteiger partial charge in [-0.05, 0) is 59.5 Å². The van der Waals surface area contributed by atoms with E-state index in [1.807, 2.05) is 13.0 Å². The van der Waals surface area contributed by atoms with Crippen LogP contribution < -0.4 is 10.5 Å². The molecule has 7 heteroatoms. The van der Waals surface area contributed by atoms with E-state index in [1.165, 1.54) is 11.1 Å². The summed E-state index contributed by atoms with van der Waals surface area (Å²) in [5.41, 5.74) is 7.72. The van der Waals surface area contributed by atoms with E-state index in [1.54, 1.807) is 62.7 Å². The summed E-state index contributed by atoms with van der Waals surface area (Å²) in [6, 6.07) is 15.9. The highest BCUT2D eigenvalue weighted by Crippen LogP contribution is 2.41. The largest absolute Gasteiger partial charge is 0.496 e. The van der Waals surface area contributed by atoms with Gasteiger partial charge in [0.15, 0.2) is 11.5 Å². The molecule has 0 saturated heterocycles. The number of pyridine rings is 1.